The van der Waals surface area contributed by atoms with Gasteiger partial charge >= 0.3 is 0 Å². The van der Waals surface area contributed by atoms with Crippen molar-refractivity contribution in [3.05, 3.63) is 77.4 Å². The van der Waals surface area contributed by atoms with E-state index in [0.29, 0.717) is 16.9 Å². The number of thioether (sulfide) groups is 1. The predicted octanol–water partition coefficient (Wildman–Crippen LogP) is 4.94. The maximum atomic E-state index is 12.8. The molecule has 1 fully saturated rings. The molecule has 1 aromatic heterocycles. The molecule has 174 valence electrons. The lowest BCUT2D eigenvalue weighted by Crippen LogP contribution is -2.48. The number of nitrogens with zero attached hydrogens (tertiary/aromatic N) is 4. The summed E-state index contributed by atoms with van der Waals surface area (Å²) in [6.07, 6.45) is 0. The summed E-state index contributed by atoms with van der Waals surface area (Å²) in [5.41, 5.74) is 4.64. The van der Waals surface area contributed by atoms with Crippen molar-refractivity contribution < 1.29 is 9.21 Å². The van der Waals surface area contributed by atoms with Crippen LogP contribution in [0.5, 0.6) is 0 Å². The molecule has 0 saturated carbocycles. The molecular weight excluding hydrogens is 444 g/mol. The van der Waals surface area contributed by atoms with Crippen LogP contribution in [0.3, 0.4) is 0 Å². The number of aromatic nitrogens is 2. The summed E-state index contributed by atoms with van der Waals surface area (Å²) in [5, 5.41) is 11.3. The van der Waals surface area contributed by atoms with Crippen LogP contribution in [0.15, 0.2) is 70.3 Å². The van der Waals surface area contributed by atoms with Gasteiger partial charge in [0.05, 0.1) is 5.75 Å². The molecule has 0 atom stereocenters. The van der Waals surface area contributed by atoms with E-state index in [1.165, 1.54) is 39.2 Å². The first kappa shape index (κ1) is 22.6. The van der Waals surface area contributed by atoms with Crippen molar-refractivity contribution >= 4 is 28.4 Å². The molecule has 1 aliphatic heterocycles. The number of hydrogen-bond donors (Lipinski definition) is 0. The molecule has 1 amide bonds. The zero-order valence-electron chi connectivity index (χ0n) is 19.5. The highest BCUT2D eigenvalue weighted by Gasteiger charge is 2.22. The lowest BCUT2D eigenvalue weighted by atomic mass is 10.0. The predicted molar refractivity (Wildman–Crippen MR) is 136 cm³/mol. The van der Waals surface area contributed by atoms with E-state index in [9.17, 15) is 4.79 Å². The van der Waals surface area contributed by atoms with Gasteiger partial charge in [-0.15, -0.1) is 10.2 Å². The van der Waals surface area contributed by atoms with Gasteiger partial charge in [-0.3, -0.25) is 9.69 Å². The fraction of sp³-hybridized carbons (Fsp3) is 0.296. The quantitative estimate of drug-likeness (QED) is 0.370. The van der Waals surface area contributed by atoms with Crippen LogP contribution >= 0.6 is 11.8 Å². The van der Waals surface area contributed by atoms with E-state index in [-0.39, 0.29) is 5.91 Å². The van der Waals surface area contributed by atoms with E-state index in [1.807, 2.05) is 23.1 Å². The molecule has 6 nitrogen and oxygen atoms in total. The highest BCUT2D eigenvalue weighted by molar-refractivity contribution is 7.99. The minimum absolute atomic E-state index is 0.112. The van der Waals surface area contributed by atoms with Crippen LogP contribution in [0, 0.1) is 13.8 Å². The summed E-state index contributed by atoms with van der Waals surface area (Å²) in [7, 11) is 0. The van der Waals surface area contributed by atoms with E-state index >= 15 is 0 Å². The minimum Gasteiger partial charge on any atom is -0.411 e. The second kappa shape index (κ2) is 9.99. The van der Waals surface area contributed by atoms with Gasteiger partial charge in [0.25, 0.3) is 5.22 Å². The average molecular weight is 473 g/mol. The van der Waals surface area contributed by atoms with Crippen LogP contribution in [0.4, 0.5) is 0 Å². The Morgan fingerprint density at radius 3 is 2.56 bits per heavy atom. The molecule has 0 aliphatic carbocycles. The van der Waals surface area contributed by atoms with Gasteiger partial charge < -0.3 is 9.32 Å². The lowest BCUT2D eigenvalue weighted by molar-refractivity contribution is -0.130. The second-order valence-corrected chi connectivity index (χ2v) is 9.68. The Balaban J connectivity index is 1.12. The molecule has 3 aromatic carbocycles. The summed E-state index contributed by atoms with van der Waals surface area (Å²) in [6, 6.07) is 21.1. The SMILES string of the molecule is Cc1ccc(-c2nnc(SCC(=O)N3CCN(Cc4cccc5ccccc45)CC3)o2)cc1C. The number of hydrogen-bond acceptors (Lipinski definition) is 6. The van der Waals surface area contributed by atoms with Crippen molar-refractivity contribution in [2.45, 2.75) is 25.6 Å². The van der Waals surface area contributed by atoms with Gasteiger partial charge in [0.2, 0.25) is 11.8 Å². The maximum Gasteiger partial charge on any atom is 0.277 e. The van der Waals surface area contributed by atoms with Gasteiger partial charge in [-0.2, -0.15) is 0 Å². The Labute approximate surface area is 204 Å². The molecule has 1 saturated heterocycles. The van der Waals surface area contributed by atoms with E-state index in [2.05, 4.69) is 71.4 Å². The molecule has 1 aliphatic rings. The van der Waals surface area contributed by atoms with Crippen LogP contribution in [-0.2, 0) is 11.3 Å². The Morgan fingerprint density at radius 2 is 1.74 bits per heavy atom. The fourth-order valence-electron chi connectivity index (χ4n) is 4.30. The number of fused-ring (bicyclic) bond motifs is 1. The maximum absolute atomic E-state index is 12.8. The molecule has 7 heteroatoms. The van der Waals surface area contributed by atoms with Gasteiger partial charge in [-0.1, -0.05) is 60.3 Å². The number of piperazine rings is 1. The number of rotatable bonds is 6. The Kier molecular flexibility index (Phi) is 6.65. The molecular formula is C27H28N4O2S. The number of amides is 1. The highest BCUT2D eigenvalue weighted by Crippen LogP contribution is 2.25. The van der Waals surface area contributed by atoms with Gasteiger partial charge in [-0.05, 0) is 53.4 Å². The summed E-state index contributed by atoms with van der Waals surface area (Å²) < 4.78 is 5.78. The van der Waals surface area contributed by atoms with Crippen LogP contribution in [0.1, 0.15) is 16.7 Å². The van der Waals surface area contributed by atoms with Crippen LogP contribution in [0.2, 0.25) is 0 Å². The van der Waals surface area contributed by atoms with Gasteiger partial charge in [0, 0.05) is 38.3 Å². The van der Waals surface area contributed by atoms with Crippen molar-refractivity contribution in [3.8, 4) is 11.5 Å². The van der Waals surface area contributed by atoms with Crippen LogP contribution < -0.4 is 0 Å². The largest absolute Gasteiger partial charge is 0.411 e. The van der Waals surface area contributed by atoms with E-state index < -0.39 is 0 Å². The second-order valence-electron chi connectivity index (χ2n) is 8.76. The van der Waals surface area contributed by atoms with Gasteiger partial charge in [0.15, 0.2) is 0 Å². The molecule has 0 N–H and O–H groups in total. The number of benzene rings is 3. The van der Waals surface area contributed by atoms with Crippen LogP contribution in [-0.4, -0.2) is 57.8 Å². The minimum atomic E-state index is 0.112. The van der Waals surface area contributed by atoms with Crippen molar-refractivity contribution in [3.63, 3.8) is 0 Å². The zero-order valence-corrected chi connectivity index (χ0v) is 20.3. The molecule has 0 radical (unpaired) electrons. The summed E-state index contributed by atoms with van der Waals surface area (Å²) in [4.78, 5) is 17.1. The summed E-state index contributed by atoms with van der Waals surface area (Å²) in [5.74, 6) is 0.901. The summed E-state index contributed by atoms with van der Waals surface area (Å²) >= 11 is 1.30. The fourth-order valence-corrected chi connectivity index (χ4v) is 4.97. The number of carbonyl (C=O) groups is 1. The molecule has 0 unspecified atom stereocenters. The first-order valence-corrected chi connectivity index (χ1v) is 12.6. The third-order valence-electron chi connectivity index (χ3n) is 6.48. The van der Waals surface area contributed by atoms with Crippen molar-refractivity contribution in [2.24, 2.45) is 0 Å². The monoisotopic (exact) mass is 472 g/mol. The summed E-state index contributed by atoms with van der Waals surface area (Å²) in [6.45, 7) is 8.26. The van der Waals surface area contributed by atoms with Gasteiger partial charge in [-0.25, -0.2) is 0 Å². The van der Waals surface area contributed by atoms with Crippen LogP contribution in [0.25, 0.3) is 22.2 Å². The molecule has 34 heavy (non-hydrogen) atoms. The normalized spacial score (nSPS) is 14.6. The third kappa shape index (κ3) is 5.00. The topological polar surface area (TPSA) is 62.5 Å². The molecule has 0 bridgehead atoms. The lowest BCUT2D eigenvalue weighted by Gasteiger charge is -2.34. The molecule has 2 heterocycles. The Morgan fingerprint density at radius 1 is 0.941 bits per heavy atom. The van der Waals surface area contributed by atoms with E-state index in [0.717, 1.165) is 38.3 Å². The molecule has 0 spiro atoms. The van der Waals surface area contributed by atoms with Crippen molar-refractivity contribution in [2.75, 3.05) is 31.9 Å². The van der Waals surface area contributed by atoms with E-state index in [1.54, 1.807) is 0 Å². The molecule has 4 aromatic rings. The van der Waals surface area contributed by atoms with E-state index in [4.69, 9.17) is 4.42 Å². The van der Waals surface area contributed by atoms with Gasteiger partial charge in [0.1, 0.15) is 0 Å². The standard InChI is InChI=1S/C27H28N4O2S/c1-19-10-11-22(16-20(19)2)26-28-29-27(33-26)34-18-25(32)31-14-12-30(13-15-31)17-23-8-5-7-21-6-3-4-9-24(21)23/h3-11,16H,12-15,17-18H2,1-2H3. The Bertz CT molecular complexity index is 1310. The molecule has 5 rings (SSSR count). The first-order valence-electron chi connectivity index (χ1n) is 11.6. The Hall–Kier alpha value is -3.16. The number of carbonyl (C=O) groups excluding carboxylic acids is 1. The first-order chi connectivity index (χ1) is 16.6. The smallest absolute Gasteiger partial charge is 0.277 e. The highest BCUT2D eigenvalue weighted by atomic mass is 32.2. The average Bonchev–Trinajstić information content (AvgIpc) is 3.34. The third-order valence-corrected chi connectivity index (χ3v) is 7.28. The van der Waals surface area contributed by atoms with Crippen molar-refractivity contribution in [1.82, 2.24) is 20.0 Å². The number of aryl methyl sites for hydroxylation is 2. The van der Waals surface area contributed by atoms with Crippen molar-refractivity contribution in [1.29, 1.82) is 0 Å². The zero-order chi connectivity index (χ0) is 23.5.